The van der Waals surface area contributed by atoms with E-state index in [9.17, 15) is 0 Å². The van der Waals surface area contributed by atoms with Gasteiger partial charge in [-0.3, -0.25) is 0 Å². The Hall–Kier alpha value is -0.670. The van der Waals surface area contributed by atoms with Gasteiger partial charge in [0.05, 0.1) is 0 Å². The van der Waals surface area contributed by atoms with Crippen molar-refractivity contribution in [3.8, 4) is 0 Å². The molecule has 1 aromatic carbocycles. The molecule has 2 nitrogen and oxygen atoms in total. The minimum atomic E-state index is 0.213. The van der Waals surface area contributed by atoms with Crippen molar-refractivity contribution in [1.82, 2.24) is 0 Å². The molecule has 0 saturated carbocycles. The highest BCUT2D eigenvalue weighted by molar-refractivity contribution is 7.98. The number of nitrogens with two attached hydrogens (primary N) is 1. The summed E-state index contributed by atoms with van der Waals surface area (Å²) < 4.78 is 0. The Labute approximate surface area is 116 Å². The van der Waals surface area contributed by atoms with Gasteiger partial charge in [-0.2, -0.15) is 11.8 Å². The van der Waals surface area contributed by atoms with Crippen LogP contribution in [-0.4, -0.2) is 18.3 Å². The number of anilines is 1. The number of hydrogen-bond acceptors (Lipinski definition) is 3. The minimum absolute atomic E-state index is 0.213. The van der Waals surface area contributed by atoms with Gasteiger partial charge in [-0.1, -0.05) is 32.9 Å². The van der Waals surface area contributed by atoms with Crippen LogP contribution in [0, 0.1) is 5.92 Å². The second-order valence-corrected chi connectivity index (χ2v) is 6.14. The normalized spacial score (nSPS) is 12.7. The van der Waals surface area contributed by atoms with Crippen LogP contribution in [0.2, 0.25) is 0 Å². The maximum Gasteiger partial charge on any atom is 0.0340 e. The lowest BCUT2D eigenvalue weighted by Gasteiger charge is -2.17. The van der Waals surface area contributed by atoms with Gasteiger partial charge >= 0.3 is 0 Å². The van der Waals surface area contributed by atoms with Crippen molar-refractivity contribution in [2.45, 2.75) is 39.0 Å². The summed E-state index contributed by atoms with van der Waals surface area (Å²) in [4.78, 5) is 0. The first-order valence-electron chi connectivity index (χ1n) is 6.79. The highest BCUT2D eigenvalue weighted by Crippen LogP contribution is 2.16. The third-order valence-corrected chi connectivity index (χ3v) is 4.20. The zero-order chi connectivity index (χ0) is 13.4. The summed E-state index contributed by atoms with van der Waals surface area (Å²) >= 11 is 1.99. The Balaban J connectivity index is 2.35. The smallest absolute Gasteiger partial charge is 0.0340 e. The zero-order valence-electron chi connectivity index (χ0n) is 11.8. The predicted molar refractivity (Wildman–Crippen MR) is 84.2 cm³/mol. The molecule has 0 aliphatic heterocycles. The van der Waals surface area contributed by atoms with E-state index in [0.717, 1.165) is 18.0 Å². The quantitative estimate of drug-likeness (QED) is 0.704. The average molecular weight is 266 g/mol. The molecular formula is C15H26N2S. The highest BCUT2D eigenvalue weighted by atomic mass is 32.2. The Morgan fingerprint density at radius 1 is 1.22 bits per heavy atom. The fraction of sp³-hybridized carbons (Fsp3) is 0.600. The lowest BCUT2D eigenvalue weighted by atomic mass is 10.1. The van der Waals surface area contributed by atoms with Gasteiger partial charge in [0.2, 0.25) is 0 Å². The molecule has 0 radical (unpaired) electrons. The van der Waals surface area contributed by atoms with Crippen molar-refractivity contribution in [2.24, 2.45) is 11.7 Å². The summed E-state index contributed by atoms with van der Waals surface area (Å²) in [5, 5.41) is 3.39. The fourth-order valence-electron chi connectivity index (χ4n) is 1.52. The van der Waals surface area contributed by atoms with E-state index in [2.05, 4.69) is 50.4 Å². The van der Waals surface area contributed by atoms with Gasteiger partial charge in [-0.15, -0.1) is 0 Å². The molecule has 3 N–H and O–H groups in total. The van der Waals surface area contributed by atoms with Crippen LogP contribution >= 0.6 is 11.8 Å². The van der Waals surface area contributed by atoms with Gasteiger partial charge in [-0.05, 0) is 35.8 Å². The van der Waals surface area contributed by atoms with Crippen LogP contribution in [0.5, 0.6) is 0 Å². The Morgan fingerprint density at radius 2 is 1.89 bits per heavy atom. The summed E-state index contributed by atoms with van der Waals surface area (Å²) in [6.07, 6.45) is 1.25. The van der Waals surface area contributed by atoms with Crippen LogP contribution in [0.25, 0.3) is 0 Å². The lowest BCUT2D eigenvalue weighted by molar-refractivity contribution is 0.511. The Bertz CT molecular complexity index is 322. The van der Waals surface area contributed by atoms with Crippen LogP contribution in [0.3, 0.4) is 0 Å². The Kier molecular flexibility index (Phi) is 7.21. The number of hydrogen-bond donors (Lipinski definition) is 2. The van der Waals surface area contributed by atoms with Crippen molar-refractivity contribution in [2.75, 3.05) is 17.6 Å². The van der Waals surface area contributed by atoms with Gasteiger partial charge in [0.15, 0.2) is 0 Å². The molecule has 1 unspecified atom stereocenters. The first-order valence-corrected chi connectivity index (χ1v) is 7.95. The first kappa shape index (κ1) is 15.4. The van der Waals surface area contributed by atoms with E-state index >= 15 is 0 Å². The van der Waals surface area contributed by atoms with Gasteiger partial charge in [0.25, 0.3) is 0 Å². The van der Waals surface area contributed by atoms with E-state index in [1.54, 1.807) is 0 Å². The third-order valence-electron chi connectivity index (χ3n) is 2.97. The highest BCUT2D eigenvalue weighted by Gasteiger charge is 2.06. The van der Waals surface area contributed by atoms with Crippen molar-refractivity contribution >= 4 is 17.4 Å². The van der Waals surface area contributed by atoms with Gasteiger partial charge < -0.3 is 11.1 Å². The monoisotopic (exact) mass is 266 g/mol. The largest absolute Gasteiger partial charge is 0.383 e. The molecule has 0 amide bonds. The Morgan fingerprint density at radius 3 is 2.44 bits per heavy atom. The molecule has 0 spiro atoms. The van der Waals surface area contributed by atoms with Crippen LogP contribution in [0.15, 0.2) is 24.3 Å². The number of benzene rings is 1. The fourth-order valence-corrected chi connectivity index (χ4v) is 2.39. The van der Waals surface area contributed by atoms with Crippen LogP contribution in [0.1, 0.15) is 32.8 Å². The van der Waals surface area contributed by atoms with E-state index < -0.39 is 0 Å². The van der Waals surface area contributed by atoms with Crippen molar-refractivity contribution in [3.05, 3.63) is 29.8 Å². The summed E-state index contributed by atoms with van der Waals surface area (Å²) in [5.41, 5.74) is 8.57. The van der Waals surface area contributed by atoms with E-state index in [4.69, 9.17) is 5.73 Å². The van der Waals surface area contributed by atoms with Gasteiger partial charge in [0.1, 0.15) is 0 Å². The van der Waals surface area contributed by atoms with Crippen molar-refractivity contribution < 1.29 is 0 Å². The van der Waals surface area contributed by atoms with Crippen molar-refractivity contribution in [3.63, 3.8) is 0 Å². The molecule has 102 valence electrons. The van der Waals surface area contributed by atoms with E-state index in [0.29, 0.717) is 5.92 Å². The molecule has 0 aromatic heterocycles. The third kappa shape index (κ3) is 5.78. The van der Waals surface area contributed by atoms with E-state index in [1.165, 1.54) is 17.7 Å². The molecule has 0 heterocycles. The average Bonchev–Trinajstić information content (AvgIpc) is 2.37. The summed E-state index contributed by atoms with van der Waals surface area (Å²) in [6.45, 7) is 7.36. The molecule has 0 aliphatic carbocycles. The molecule has 1 rings (SSSR count). The molecular weight excluding hydrogens is 240 g/mol. The molecule has 0 bridgehead atoms. The van der Waals surface area contributed by atoms with Gasteiger partial charge in [-0.25, -0.2) is 0 Å². The second kappa shape index (κ2) is 8.44. The SMILES string of the molecule is CCCSCc1ccc(NCC(N)C(C)C)cc1. The van der Waals surface area contributed by atoms with Crippen LogP contribution in [0.4, 0.5) is 5.69 Å². The van der Waals surface area contributed by atoms with Gasteiger partial charge in [0, 0.05) is 24.0 Å². The van der Waals surface area contributed by atoms with Crippen LogP contribution in [-0.2, 0) is 5.75 Å². The van der Waals surface area contributed by atoms with Crippen molar-refractivity contribution in [1.29, 1.82) is 0 Å². The molecule has 3 heteroatoms. The number of rotatable bonds is 8. The summed E-state index contributed by atoms with van der Waals surface area (Å²) in [5.74, 6) is 2.87. The second-order valence-electron chi connectivity index (χ2n) is 5.04. The molecule has 0 saturated heterocycles. The zero-order valence-corrected chi connectivity index (χ0v) is 12.6. The van der Waals surface area contributed by atoms with Crippen LogP contribution < -0.4 is 11.1 Å². The lowest BCUT2D eigenvalue weighted by Crippen LogP contribution is -2.33. The standard InChI is InChI=1S/C15H26N2S/c1-4-9-18-11-13-5-7-14(8-6-13)17-10-15(16)12(2)3/h5-8,12,15,17H,4,9-11,16H2,1-3H3. The molecule has 1 atom stereocenters. The molecule has 18 heavy (non-hydrogen) atoms. The summed E-state index contributed by atoms with van der Waals surface area (Å²) in [7, 11) is 0. The summed E-state index contributed by atoms with van der Waals surface area (Å²) in [6, 6.07) is 8.91. The first-order chi connectivity index (χ1) is 8.63. The number of thioether (sulfide) groups is 1. The molecule has 0 fully saturated rings. The predicted octanol–water partition coefficient (Wildman–Crippen LogP) is 3.73. The van der Waals surface area contributed by atoms with E-state index in [-0.39, 0.29) is 6.04 Å². The topological polar surface area (TPSA) is 38.0 Å². The molecule has 0 aliphatic rings. The maximum atomic E-state index is 6.01. The number of nitrogens with one attached hydrogen (secondary N) is 1. The minimum Gasteiger partial charge on any atom is -0.383 e. The van der Waals surface area contributed by atoms with E-state index in [1.807, 2.05) is 11.8 Å². The maximum absolute atomic E-state index is 6.01. The molecule has 1 aromatic rings.